The predicted molar refractivity (Wildman–Crippen MR) is 174 cm³/mol. The molecule has 2 unspecified atom stereocenters. The number of rotatable bonds is 7. The Balaban J connectivity index is 0.000000417. The van der Waals surface area contributed by atoms with Gasteiger partial charge < -0.3 is 14.4 Å². The first-order valence-corrected chi connectivity index (χ1v) is 14.6. The number of aliphatic imine (C=N–C) groups is 1. The first-order valence-electron chi connectivity index (χ1n) is 14.2. The fourth-order valence-corrected chi connectivity index (χ4v) is 4.09. The third-order valence-corrected chi connectivity index (χ3v) is 6.72. The van der Waals surface area contributed by atoms with Crippen molar-refractivity contribution >= 4 is 24.2 Å². The van der Waals surface area contributed by atoms with Gasteiger partial charge in [0, 0.05) is 30.2 Å². The van der Waals surface area contributed by atoms with E-state index in [0.29, 0.717) is 12.0 Å². The summed E-state index contributed by atoms with van der Waals surface area (Å²) in [6.45, 7) is 13.1. The highest BCUT2D eigenvalue weighted by molar-refractivity contribution is 6.30. The highest BCUT2D eigenvalue weighted by Crippen LogP contribution is 2.26. The monoisotopic (exact) mass is 562 g/mol. The second kappa shape index (κ2) is 20.5. The lowest BCUT2D eigenvalue weighted by molar-refractivity contribution is -0.106. The van der Waals surface area contributed by atoms with Crippen molar-refractivity contribution < 1.29 is 9.53 Å². The van der Waals surface area contributed by atoms with Crippen molar-refractivity contribution in [1.29, 1.82) is 0 Å². The van der Waals surface area contributed by atoms with Gasteiger partial charge in [0.05, 0.1) is 19.2 Å². The van der Waals surface area contributed by atoms with Crippen molar-refractivity contribution in [3.63, 3.8) is 0 Å². The van der Waals surface area contributed by atoms with Crippen LogP contribution in [0.25, 0.3) is 11.1 Å². The van der Waals surface area contributed by atoms with Crippen LogP contribution in [0.15, 0.2) is 101 Å². The summed E-state index contributed by atoms with van der Waals surface area (Å²) in [5.41, 5.74) is 5.16. The molecule has 216 valence electrons. The molecule has 4 rings (SSSR count). The molecule has 4 nitrogen and oxygen atoms in total. The van der Waals surface area contributed by atoms with Gasteiger partial charge in [-0.1, -0.05) is 93.9 Å². The maximum atomic E-state index is 8.81. The van der Waals surface area contributed by atoms with Gasteiger partial charge in [-0.3, -0.25) is 0 Å². The van der Waals surface area contributed by atoms with E-state index in [1.165, 1.54) is 29.2 Å². The van der Waals surface area contributed by atoms with Gasteiger partial charge in [-0.15, -0.1) is 0 Å². The first kappa shape index (κ1) is 34.7. The van der Waals surface area contributed by atoms with Gasteiger partial charge in [-0.05, 0) is 79.2 Å². The van der Waals surface area contributed by atoms with E-state index in [2.05, 4.69) is 91.4 Å². The molecule has 0 bridgehead atoms. The van der Waals surface area contributed by atoms with Crippen LogP contribution in [0.3, 0.4) is 0 Å². The Bertz CT molecular complexity index is 1130. The van der Waals surface area contributed by atoms with E-state index >= 15 is 0 Å². The molecule has 0 spiro atoms. The number of hydrogen-bond acceptors (Lipinski definition) is 4. The smallest absolute Gasteiger partial charge is 0.116 e. The lowest BCUT2D eigenvalue weighted by Crippen LogP contribution is -2.33. The normalized spacial score (nSPS) is 15.9. The largest absolute Gasteiger partial charge is 0.501 e. The van der Waals surface area contributed by atoms with E-state index in [0.717, 1.165) is 42.9 Å². The average Bonchev–Trinajstić information content (AvgIpc) is 3.24. The average molecular weight is 563 g/mol. The van der Waals surface area contributed by atoms with E-state index in [1.807, 2.05) is 44.6 Å². The summed E-state index contributed by atoms with van der Waals surface area (Å²) < 4.78 is 5.13. The van der Waals surface area contributed by atoms with Crippen molar-refractivity contribution in [1.82, 2.24) is 4.90 Å². The lowest BCUT2D eigenvalue weighted by Gasteiger charge is -2.27. The Morgan fingerprint density at radius 1 is 1.07 bits per heavy atom. The van der Waals surface area contributed by atoms with E-state index in [4.69, 9.17) is 21.1 Å². The molecule has 1 heterocycles. The highest BCUT2D eigenvalue weighted by atomic mass is 35.5. The molecule has 0 saturated heterocycles. The molecule has 1 aliphatic heterocycles. The quantitative estimate of drug-likeness (QED) is 0.315. The predicted octanol–water partition coefficient (Wildman–Crippen LogP) is 9.79. The number of nitrogens with zero attached hydrogens (tertiary/aromatic N) is 2. The van der Waals surface area contributed by atoms with Crippen LogP contribution in [0, 0.1) is 0 Å². The van der Waals surface area contributed by atoms with Crippen molar-refractivity contribution in [2.45, 2.75) is 72.8 Å². The molecule has 5 heteroatoms. The molecule has 2 aromatic rings. The molecule has 2 aromatic carbocycles. The van der Waals surface area contributed by atoms with Crippen LogP contribution in [0.2, 0.25) is 5.02 Å². The molecule has 0 radical (unpaired) electrons. The Labute approximate surface area is 247 Å². The summed E-state index contributed by atoms with van der Waals surface area (Å²) in [7, 11) is 1.71. The van der Waals surface area contributed by atoms with Gasteiger partial charge in [0.2, 0.25) is 0 Å². The number of carbonyl (C=O) groups is 1. The van der Waals surface area contributed by atoms with Gasteiger partial charge in [-0.2, -0.15) is 0 Å². The molecule has 0 aromatic heterocycles. The van der Waals surface area contributed by atoms with E-state index in [9.17, 15) is 0 Å². The van der Waals surface area contributed by atoms with Crippen LogP contribution >= 0.6 is 11.6 Å². The Morgan fingerprint density at radius 3 is 2.23 bits per heavy atom. The van der Waals surface area contributed by atoms with Crippen molar-refractivity contribution in [2.75, 3.05) is 13.7 Å². The van der Waals surface area contributed by atoms with Gasteiger partial charge in [0.15, 0.2) is 0 Å². The summed E-state index contributed by atoms with van der Waals surface area (Å²) in [6.07, 6.45) is 18.3. The molecule has 2 aliphatic rings. The fraction of sp³-hybridized carbons (Fsp3) is 0.371. The highest BCUT2D eigenvalue weighted by Gasteiger charge is 2.13. The molecule has 0 amide bonds. The molecule has 0 N–H and O–H groups in total. The summed E-state index contributed by atoms with van der Waals surface area (Å²) >= 11 is 5.96. The van der Waals surface area contributed by atoms with E-state index in [1.54, 1.807) is 7.11 Å². The summed E-state index contributed by atoms with van der Waals surface area (Å²) in [6, 6.07) is 17.3. The number of ether oxygens (including phenoxy) is 1. The van der Waals surface area contributed by atoms with Crippen LogP contribution < -0.4 is 0 Å². The number of hydrogen-bond donors (Lipinski definition) is 0. The SMILES string of the molecule is CC.CC(CCN1C=NC=CC1C)c1ccc(-c2ccc(Cl)cc2)cc1.CC=O.CCC1=CC=C(OC)CC=C1. The van der Waals surface area contributed by atoms with Gasteiger partial charge >= 0.3 is 0 Å². The number of methoxy groups -OCH3 is 1. The molecule has 2 atom stereocenters. The second-order valence-corrected chi connectivity index (χ2v) is 9.61. The number of halogens is 1. The Hall–Kier alpha value is -3.37. The summed E-state index contributed by atoms with van der Waals surface area (Å²) in [5.74, 6) is 1.56. The maximum absolute atomic E-state index is 8.81. The molecule has 0 saturated carbocycles. The molecule has 40 heavy (non-hydrogen) atoms. The minimum absolute atomic E-state index is 0.432. The Kier molecular flexibility index (Phi) is 17.8. The number of benzene rings is 2. The number of allylic oxidation sites excluding steroid dienone is 5. The van der Waals surface area contributed by atoms with Crippen LogP contribution in [0.4, 0.5) is 0 Å². The minimum Gasteiger partial charge on any atom is -0.501 e. The van der Waals surface area contributed by atoms with Crippen LogP contribution in [0.1, 0.15) is 72.3 Å². The molecule has 1 aliphatic carbocycles. The van der Waals surface area contributed by atoms with E-state index in [-0.39, 0.29) is 0 Å². The summed E-state index contributed by atoms with van der Waals surface area (Å²) in [4.78, 5) is 15.3. The lowest BCUT2D eigenvalue weighted by atomic mass is 9.95. The van der Waals surface area contributed by atoms with Gasteiger partial charge in [-0.25, -0.2) is 4.99 Å². The zero-order valence-corrected chi connectivity index (χ0v) is 26.1. The fourth-order valence-electron chi connectivity index (χ4n) is 3.97. The van der Waals surface area contributed by atoms with Crippen LogP contribution in [0.5, 0.6) is 0 Å². The number of aldehydes is 1. The van der Waals surface area contributed by atoms with Crippen LogP contribution in [-0.2, 0) is 9.53 Å². The van der Waals surface area contributed by atoms with Crippen molar-refractivity contribution in [3.8, 4) is 11.1 Å². The Morgan fingerprint density at radius 2 is 1.68 bits per heavy atom. The molecular formula is C35H47ClN2O2. The summed E-state index contributed by atoms with van der Waals surface area (Å²) in [5, 5.41) is 0.773. The van der Waals surface area contributed by atoms with E-state index < -0.39 is 0 Å². The topological polar surface area (TPSA) is 41.9 Å². The van der Waals surface area contributed by atoms with Gasteiger partial charge in [0.1, 0.15) is 6.29 Å². The first-order chi connectivity index (χ1) is 19.4. The van der Waals surface area contributed by atoms with Crippen LogP contribution in [-0.4, -0.2) is 37.2 Å². The zero-order chi connectivity index (χ0) is 29.8. The third-order valence-electron chi connectivity index (χ3n) is 6.47. The third kappa shape index (κ3) is 12.7. The van der Waals surface area contributed by atoms with Crippen molar-refractivity contribution in [2.24, 2.45) is 4.99 Å². The molecular weight excluding hydrogens is 516 g/mol. The standard InChI is InChI=1S/C21H23ClN2.C10H14O.C2H4O.C2H6/c1-16(12-14-24-15-23-13-11-17(24)2)18-3-5-19(6-4-18)20-7-9-21(22)10-8-20;1-3-9-5-4-6-10(11-2)8-7-9;1-2-3;1-2/h3-11,13,15-17H,12,14H2,1-2H3;4-5,7-8H,3,6H2,1-2H3;2H,1H3;1-2H3. The zero-order valence-electron chi connectivity index (χ0n) is 25.3. The molecule has 0 fully saturated rings. The van der Waals surface area contributed by atoms with Crippen molar-refractivity contribution in [3.05, 3.63) is 107 Å². The minimum atomic E-state index is 0.432. The second-order valence-electron chi connectivity index (χ2n) is 9.18. The maximum Gasteiger partial charge on any atom is 0.116 e. The van der Waals surface area contributed by atoms with Gasteiger partial charge in [0.25, 0.3) is 0 Å². The number of carbonyl (C=O) groups excluding carboxylic acids is 1.